The molecule has 0 bridgehead atoms. The van der Waals surface area contributed by atoms with Crippen molar-refractivity contribution < 1.29 is 33.7 Å². The topological polar surface area (TPSA) is 106 Å². The quantitative estimate of drug-likeness (QED) is 0.692. The van der Waals surface area contributed by atoms with E-state index in [1.807, 2.05) is 26.8 Å². The monoisotopic (exact) mass is 432 g/mol. The molecule has 170 valence electrons. The van der Waals surface area contributed by atoms with Gasteiger partial charge in [0.1, 0.15) is 23.6 Å². The minimum atomic E-state index is -1.66. The first-order valence-electron chi connectivity index (χ1n) is 10.9. The molecule has 0 aromatic carbocycles. The number of carbonyl (C=O) groups is 2. The van der Waals surface area contributed by atoms with Gasteiger partial charge < -0.3 is 24.1 Å². The highest BCUT2D eigenvalue weighted by atomic mass is 16.6. The van der Waals surface area contributed by atoms with Gasteiger partial charge in [0.2, 0.25) is 0 Å². The molecule has 7 heteroatoms. The van der Waals surface area contributed by atoms with Gasteiger partial charge in [-0.25, -0.2) is 0 Å². The van der Waals surface area contributed by atoms with Crippen LogP contribution in [0.1, 0.15) is 58.8 Å². The maximum absolute atomic E-state index is 12.5. The van der Waals surface area contributed by atoms with Crippen LogP contribution in [-0.2, 0) is 25.5 Å². The average molecular weight is 433 g/mol. The van der Waals surface area contributed by atoms with Crippen LogP contribution in [0.3, 0.4) is 0 Å². The smallest absolute Gasteiger partial charge is 0.303 e. The van der Waals surface area contributed by atoms with E-state index in [1.165, 1.54) is 13.8 Å². The molecular formula is C24H32O7. The Hall–Kier alpha value is -2.12. The zero-order chi connectivity index (χ0) is 22.9. The molecule has 0 radical (unpaired) electrons. The maximum Gasteiger partial charge on any atom is 0.303 e. The van der Waals surface area contributed by atoms with Crippen molar-refractivity contribution in [1.29, 1.82) is 0 Å². The fourth-order valence-electron chi connectivity index (χ4n) is 6.88. The van der Waals surface area contributed by atoms with E-state index in [1.54, 1.807) is 6.26 Å². The van der Waals surface area contributed by atoms with E-state index in [2.05, 4.69) is 6.58 Å². The van der Waals surface area contributed by atoms with Crippen molar-refractivity contribution in [2.45, 2.75) is 77.8 Å². The molecule has 7 nitrogen and oxygen atoms in total. The summed E-state index contributed by atoms with van der Waals surface area (Å²) < 4.78 is 17.1. The molecule has 2 N–H and O–H groups in total. The molecule has 2 saturated carbocycles. The number of rotatable bonds is 2. The van der Waals surface area contributed by atoms with Crippen molar-refractivity contribution in [3.63, 3.8) is 0 Å². The average Bonchev–Trinajstić information content (AvgIpc) is 3.14. The van der Waals surface area contributed by atoms with Gasteiger partial charge in [-0.05, 0) is 35.8 Å². The summed E-state index contributed by atoms with van der Waals surface area (Å²) in [7, 11) is 0. The van der Waals surface area contributed by atoms with Crippen LogP contribution in [0.4, 0.5) is 0 Å². The molecule has 0 saturated heterocycles. The number of aliphatic hydroxyl groups is 2. The number of esters is 2. The maximum atomic E-state index is 12.5. The van der Waals surface area contributed by atoms with Gasteiger partial charge >= 0.3 is 11.9 Å². The molecule has 3 aliphatic rings. The van der Waals surface area contributed by atoms with Crippen LogP contribution in [0, 0.1) is 22.7 Å². The van der Waals surface area contributed by atoms with Crippen molar-refractivity contribution in [2.24, 2.45) is 22.7 Å². The number of ether oxygens (including phenoxy) is 2. The molecule has 0 amide bonds. The van der Waals surface area contributed by atoms with E-state index in [0.717, 1.165) is 11.3 Å². The summed E-state index contributed by atoms with van der Waals surface area (Å²) in [5, 5.41) is 24.0. The van der Waals surface area contributed by atoms with E-state index in [-0.39, 0.29) is 5.92 Å². The number of hydrogen-bond acceptors (Lipinski definition) is 7. The highest BCUT2D eigenvalue weighted by Crippen LogP contribution is 2.67. The van der Waals surface area contributed by atoms with E-state index in [4.69, 9.17) is 13.9 Å². The normalized spacial score (nSPS) is 40.9. The second-order valence-corrected chi connectivity index (χ2v) is 10.2. The lowest BCUT2D eigenvalue weighted by atomic mass is 9.39. The summed E-state index contributed by atoms with van der Waals surface area (Å²) >= 11 is 0. The van der Waals surface area contributed by atoms with Crippen LogP contribution >= 0.6 is 0 Å². The standard InChI is InChI=1S/C24H32O7/c1-12-15-8-10-29-17(15)11-16-19(12)20(27)21(31-14(3)26)24(28)22(4,5)9-7-18(23(16,24)6)30-13(2)25/h8,10,16,18-21,27-28H,1,7,9,11H2,2-6H3/t16-,18-,19-,20+,21-,23-,24+/m0/s1. The predicted molar refractivity (Wildman–Crippen MR) is 112 cm³/mol. The largest absolute Gasteiger partial charge is 0.469 e. The van der Waals surface area contributed by atoms with Crippen LogP contribution in [0.25, 0.3) is 5.57 Å². The minimum Gasteiger partial charge on any atom is -0.469 e. The summed E-state index contributed by atoms with van der Waals surface area (Å²) in [6, 6.07) is 1.82. The third kappa shape index (κ3) is 2.79. The molecule has 4 rings (SSSR count). The molecular weight excluding hydrogens is 400 g/mol. The van der Waals surface area contributed by atoms with Crippen LogP contribution in [0.15, 0.2) is 23.3 Å². The second kappa shape index (κ2) is 6.94. The van der Waals surface area contributed by atoms with Crippen molar-refractivity contribution in [1.82, 2.24) is 0 Å². The molecule has 2 fully saturated rings. The summed E-state index contributed by atoms with van der Waals surface area (Å²) in [6.07, 6.45) is 0.133. The lowest BCUT2D eigenvalue weighted by Crippen LogP contribution is -2.79. The van der Waals surface area contributed by atoms with Gasteiger partial charge in [-0.2, -0.15) is 0 Å². The summed E-state index contributed by atoms with van der Waals surface area (Å²) in [6.45, 7) is 12.6. The van der Waals surface area contributed by atoms with Gasteiger partial charge in [-0.15, -0.1) is 0 Å². The lowest BCUT2D eigenvalue weighted by Gasteiger charge is -2.69. The SMILES string of the molecule is C=C1c2ccoc2C[C@H]2[C@H]1[C@@H](O)[C@H](OC(C)=O)[C@@]1(O)C(C)(C)CC[C@H](OC(C)=O)[C@]21C. The zero-order valence-electron chi connectivity index (χ0n) is 18.8. The van der Waals surface area contributed by atoms with E-state index in [0.29, 0.717) is 24.8 Å². The summed E-state index contributed by atoms with van der Waals surface area (Å²) in [5.74, 6) is -1.12. The highest BCUT2D eigenvalue weighted by molar-refractivity contribution is 5.71. The van der Waals surface area contributed by atoms with Crippen LogP contribution in [-0.4, -0.2) is 46.1 Å². The fourth-order valence-corrected chi connectivity index (χ4v) is 6.88. The van der Waals surface area contributed by atoms with Gasteiger partial charge in [0.05, 0.1) is 6.26 Å². The third-order valence-electron chi connectivity index (χ3n) is 8.35. The Balaban J connectivity index is 1.97. The predicted octanol–water partition coefficient (Wildman–Crippen LogP) is 2.88. The number of furan rings is 1. The fraction of sp³-hybridized carbons (Fsp3) is 0.667. The molecule has 0 spiro atoms. The molecule has 0 aliphatic heterocycles. The first-order chi connectivity index (χ1) is 14.4. The Morgan fingerprint density at radius 2 is 1.84 bits per heavy atom. The van der Waals surface area contributed by atoms with Crippen molar-refractivity contribution in [2.75, 3.05) is 0 Å². The first kappa shape index (κ1) is 22.1. The van der Waals surface area contributed by atoms with Crippen molar-refractivity contribution in [3.05, 3.63) is 30.2 Å². The number of hydrogen-bond donors (Lipinski definition) is 2. The Labute approximate surface area is 182 Å². The van der Waals surface area contributed by atoms with Gasteiger partial charge in [-0.3, -0.25) is 9.59 Å². The minimum absolute atomic E-state index is 0.339. The Morgan fingerprint density at radius 1 is 1.19 bits per heavy atom. The molecule has 31 heavy (non-hydrogen) atoms. The molecule has 3 aliphatic carbocycles. The van der Waals surface area contributed by atoms with Gasteiger partial charge in [-0.1, -0.05) is 27.4 Å². The summed E-state index contributed by atoms with van der Waals surface area (Å²) in [4.78, 5) is 24.1. The number of aliphatic hydroxyl groups excluding tert-OH is 1. The molecule has 0 unspecified atom stereocenters. The molecule has 1 aromatic rings. The van der Waals surface area contributed by atoms with Gasteiger partial charge in [0.25, 0.3) is 0 Å². The molecule has 7 atom stereocenters. The lowest BCUT2D eigenvalue weighted by molar-refractivity contribution is -0.331. The Morgan fingerprint density at radius 3 is 2.45 bits per heavy atom. The molecule has 1 heterocycles. The Bertz CT molecular complexity index is 930. The first-order valence-corrected chi connectivity index (χ1v) is 10.9. The van der Waals surface area contributed by atoms with E-state index < -0.39 is 52.6 Å². The number of fused-ring (bicyclic) bond motifs is 4. The van der Waals surface area contributed by atoms with Gasteiger partial charge in [0, 0.05) is 37.2 Å². The Kier molecular flexibility index (Phi) is 4.94. The highest BCUT2D eigenvalue weighted by Gasteiger charge is 2.76. The summed E-state index contributed by atoms with van der Waals surface area (Å²) in [5.41, 5.74) is -1.91. The third-order valence-corrected chi connectivity index (χ3v) is 8.35. The van der Waals surface area contributed by atoms with E-state index >= 15 is 0 Å². The van der Waals surface area contributed by atoms with Crippen molar-refractivity contribution >= 4 is 17.5 Å². The van der Waals surface area contributed by atoms with Crippen LogP contribution in [0.2, 0.25) is 0 Å². The second-order valence-electron chi connectivity index (χ2n) is 10.2. The van der Waals surface area contributed by atoms with E-state index in [9.17, 15) is 19.8 Å². The zero-order valence-corrected chi connectivity index (χ0v) is 18.8. The number of carbonyl (C=O) groups excluding carboxylic acids is 2. The van der Waals surface area contributed by atoms with Crippen molar-refractivity contribution in [3.8, 4) is 0 Å². The molecule has 1 aromatic heterocycles. The van der Waals surface area contributed by atoms with Crippen LogP contribution in [0.5, 0.6) is 0 Å². The van der Waals surface area contributed by atoms with Crippen LogP contribution < -0.4 is 0 Å². The van der Waals surface area contributed by atoms with Gasteiger partial charge in [0.15, 0.2) is 6.10 Å².